The second-order valence-corrected chi connectivity index (χ2v) is 5.98. The van der Waals surface area contributed by atoms with Gasteiger partial charge in [0.2, 0.25) is 5.82 Å². The molecule has 0 radical (unpaired) electrons. The first-order chi connectivity index (χ1) is 8.71. The number of pyridine rings is 1. The first-order valence-electron chi connectivity index (χ1n) is 6.03. The Morgan fingerprint density at radius 2 is 2.00 bits per heavy atom. The van der Waals surface area contributed by atoms with Crippen LogP contribution in [0.1, 0.15) is 33.3 Å². The Labute approximate surface area is 111 Å². The Hall–Kier alpha value is -2.16. The molecule has 2 rings (SSSR count). The summed E-state index contributed by atoms with van der Waals surface area (Å²) in [5, 5.41) is 22.9. The lowest BCUT2D eigenvalue weighted by atomic mass is 10.0. The predicted molar refractivity (Wildman–Crippen MR) is 70.6 cm³/mol. The van der Waals surface area contributed by atoms with Crippen molar-refractivity contribution in [2.24, 2.45) is 10.8 Å². The highest BCUT2D eigenvalue weighted by Gasteiger charge is 2.65. The van der Waals surface area contributed by atoms with E-state index in [0.29, 0.717) is 0 Å². The van der Waals surface area contributed by atoms with Crippen molar-refractivity contribution in [3.05, 3.63) is 27.9 Å². The average Bonchev–Trinajstić information content (AvgIpc) is 2.72. The van der Waals surface area contributed by atoms with Crippen molar-refractivity contribution >= 4 is 11.5 Å². The minimum atomic E-state index is -0.515. The van der Waals surface area contributed by atoms with Crippen LogP contribution in [0.25, 0.3) is 0 Å². The monoisotopic (exact) mass is 260 g/mol. The van der Waals surface area contributed by atoms with E-state index in [1.807, 2.05) is 6.07 Å². The largest absolute Gasteiger partial charge is 0.360 e. The molecule has 1 N–H and O–H groups in total. The van der Waals surface area contributed by atoms with E-state index in [1.165, 1.54) is 12.3 Å². The quantitative estimate of drug-likeness (QED) is 0.666. The van der Waals surface area contributed by atoms with Gasteiger partial charge >= 0.3 is 5.69 Å². The van der Waals surface area contributed by atoms with Gasteiger partial charge in [0.05, 0.1) is 10.5 Å². The van der Waals surface area contributed by atoms with E-state index in [2.05, 4.69) is 38.0 Å². The third kappa shape index (κ3) is 1.91. The molecule has 1 heterocycles. The fourth-order valence-corrected chi connectivity index (χ4v) is 2.46. The maximum atomic E-state index is 11.0. The molecule has 6 nitrogen and oxygen atoms in total. The first-order valence-corrected chi connectivity index (χ1v) is 6.03. The third-order valence-electron chi connectivity index (χ3n) is 4.50. The van der Waals surface area contributed by atoms with Crippen LogP contribution in [0.15, 0.2) is 12.3 Å². The molecule has 1 saturated carbocycles. The van der Waals surface area contributed by atoms with E-state index in [1.54, 1.807) is 0 Å². The van der Waals surface area contributed by atoms with E-state index in [0.717, 1.165) is 0 Å². The molecule has 1 aromatic heterocycles. The lowest BCUT2D eigenvalue weighted by Crippen LogP contribution is -2.13. The Balaban J connectivity index is 2.33. The van der Waals surface area contributed by atoms with Crippen molar-refractivity contribution < 1.29 is 4.92 Å². The van der Waals surface area contributed by atoms with Gasteiger partial charge in [-0.2, -0.15) is 5.26 Å². The van der Waals surface area contributed by atoms with Gasteiger partial charge in [0.25, 0.3) is 0 Å². The van der Waals surface area contributed by atoms with Crippen molar-refractivity contribution in [1.29, 1.82) is 5.26 Å². The molecule has 100 valence electrons. The standard InChI is InChI=1S/C13H16N4O2/c1-12(2)11(13(12,3)4)16-10-9(17(18)19)5-8(6-14)7-15-10/h5,7,11H,1-4H3,(H,15,16). The summed E-state index contributed by atoms with van der Waals surface area (Å²) in [5.74, 6) is 0.229. The van der Waals surface area contributed by atoms with Crippen LogP contribution in [0.5, 0.6) is 0 Å². The van der Waals surface area contributed by atoms with E-state index in [9.17, 15) is 10.1 Å². The van der Waals surface area contributed by atoms with Crippen molar-refractivity contribution in [1.82, 2.24) is 4.98 Å². The molecular weight excluding hydrogens is 244 g/mol. The van der Waals surface area contributed by atoms with Crippen LogP contribution in [-0.4, -0.2) is 15.9 Å². The minimum absolute atomic E-state index is 0.0520. The highest BCUT2D eigenvalue weighted by Crippen LogP contribution is 2.63. The Morgan fingerprint density at radius 3 is 2.42 bits per heavy atom. The first kappa shape index (κ1) is 13.3. The number of anilines is 1. The van der Waals surface area contributed by atoms with Crippen LogP contribution in [-0.2, 0) is 0 Å². The number of nitrogens with zero attached hydrogens (tertiary/aromatic N) is 3. The van der Waals surface area contributed by atoms with Crippen molar-refractivity contribution in [3.8, 4) is 6.07 Å². The predicted octanol–water partition coefficient (Wildman–Crippen LogP) is 2.71. The molecule has 1 aromatic rings. The van der Waals surface area contributed by atoms with Crippen LogP contribution < -0.4 is 5.32 Å². The highest BCUT2D eigenvalue weighted by molar-refractivity contribution is 5.60. The van der Waals surface area contributed by atoms with Gasteiger partial charge in [-0.1, -0.05) is 27.7 Å². The maximum absolute atomic E-state index is 11.0. The summed E-state index contributed by atoms with van der Waals surface area (Å²) in [6, 6.07) is 3.23. The highest BCUT2D eigenvalue weighted by atomic mass is 16.6. The van der Waals surface area contributed by atoms with Crippen LogP contribution in [0.2, 0.25) is 0 Å². The Morgan fingerprint density at radius 1 is 1.42 bits per heavy atom. The van der Waals surface area contributed by atoms with Gasteiger partial charge in [-0.05, 0) is 10.8 Å². The summed E-state index contributed by atoms with van der Waals surface area (Å²) < 4.78 is 0. The molecule has 0 atom stereocenters. The molecule has 0 unspecified atom stereocenters. The topological polar surface area (TPSA) is 91.8 Å². The van der Waals surface area contributed by atoms with Gasteiger partial charge in [0.1, 0.15) is 6.07 Å². The molecule has 0 saturated heterocycles. The molecule has 0 spiro atoms. The third-order valence-corrected chi connectivity index (χ3v) is 4.50. The fourth-order valence-electron chi connectivity index (χ4n) is 2.46. The lowest BCUT2D eigenvalue weighted by molar-refractivity contribution is -0.384. The molecule has 0 amide bonds. The minimum Gasteiger partial charge on any atom is -0.360 e. The van der Waals surface area contributed by atoms with Crippen LogP contribution in [0.3, 0.4) is 0 Å². The van der Waals surface area contributed by atoms with Crippen LogP contribution >= 0.6 is 0 Å². The number of hydrogen-bond acceptors (Lipinski definition) is 5. The van der Waals surface area contributed by atoms with Gasteiger partial charge in [-0.15, -0.1) is 0 Å². The average molecular weight is 260 g/mol. The zero-order valence-corrected chi connectivity index (χ0v) is 11.4. The second kappa shape index (κ2) is 3.92. The maximum Gasteiger partial charge on any atom is 0.312 e. The number of nitrogens with one attached hydrogen (secondary N) is 1. The second-order valence-electron chi connectivity index (χ2n) is 5.98. The van der Waals surface area contributed by atoms with Crippen LogP contribution in [0, 0.1) is 32.3 Å². The summed E-state index contributed by atoms with van der Waals surface area (Å²) >= 11 is 0. The summed E-state index contributed by atoms with van der Waals surface area (Å²) in [4.78, 5) is 14.5. The SMILES string of the molecule is CC1(C)C(Nc2ncc(C#N)cc2[N+](=O)[O-])C1(C)C. The van der Waals surface area contributed by atoms with Crippen LogP contribution in [0.4, 0.5) is 11.5 Å². The molecule has 6 heteroatoms. The van der Waals surface area contributed by atoms with Gasteiger partial charge in [0, 0.05) is 18.3 Å². The van der Waals surface area contributed by atoms with Gasteiger partial charge in [0.15, 0.2) is 0 Å². The number of aromatic nitrogens is 1. The molecule has 1 fully saturated rings. The molecule has 0 aliphatic heterocycles. The van der Waals surface area contributed by atoms with Gasteiger partial charge < -0.3 is 5.32 Å². The van der Waals surface area contributed by atoms with E-state index < -0.39 is 4.92 Å². The molecule has 1 aliphatic carbocycles. The number of nitro groups is 1. The Bertz CT molecular complexity index is 573. The van der Waals surface area contributed by atoms with E-state index >= 15 is 0 Å². The normalized spacial score (nSPS) is 19.5. The summed E-state index contributed by atoms with van der Waals surface area (Å²) in [6.07, 6.45) is 1.34. The number of nitriles is 1. The molecule has 1 aliphatic rings. The van der Waals surface area contributed by atoms with Crippen molar-refractivity contribution in [3.63, 3.8) is 0 Å². The Kier molecular flexibility index (Phi) is 2.74. The lowest BCUT2D eigenvalue weighted by Gasteiger charge is -2.07. The van der Waals surface area contributed by atoms with Crippen molar-refractivity contribution in [2.75, 3.05) is 5.32 Å². The molecule has 0 bridgehead atoms. The zero-order valence-electron chi connectivity index (χ0n) is 11.4. The summed E-state index contributed by atoms with van der Waals surface area (Å²) in [6.45, 7) is 8.45. The molecule has 0 aromatic carbocycles. The molecule has 19 heavy (non-hydrogen) atoms. The molecular formula is C13H16N4O2. The number of rotatable bonds is 3. The fraction of sp³-hybridized carbons (Fsp3) is 0.538. The van der Waals surface area contributed by atoms with Gasteiger partial charge in [-0.25, -0.2) is 4.98 Å². The van der Waals surface area contributed by atoms with E-state index in [4.69, 9.17) is 5.26 Å². The smallest absolute Gasteiger partial charge is 0.312 e. The number of hydrogen-bond donors (Lipinski definition) is 1. The van der Waals surface area contributed by atoms with E-state index in [-0.39, 0.29) is 33.9 Å². The van der Waals surface area contributed by atoms with Gasteiger partial charge in [-0.3, -0.25) is 10.1 Å². The van der Waals surface area contributed by atoms with Crippen molar-refractivity contribution in [2.45, 2.75) is 33.7 Å². The summed E-state index contributed by atoms with van der Waals surface area (Å²) in [7, 11) is 0. The summed E-state index contributed by atoms with van der Waals surface area (Å²) in [5.41, 5.74) is 0.136. The zero-order chi connectivity index (χ0) is 14.4.